The van der Waals surface area contributed by atoms with Gasteiger partial charge in [0.25, 0.3) is 0 Å². The molecule has 0 unspecified atom stereocenters. The maximum absolute atomic E-state index is 12.9. The largest absolute Gasteiger partial charge is 0.494 e. The number of nitrogens with one attached hydrogen (secondary N) is 1. The van der Waals surface area contributed by atoms with Crippen molar-refractivity contribution in [2.24, 2.45) is 0 Å². The lowest BCUT2D eigenvalue weighted by Crippen LogP contribution is -2.42. The summed E-state index contributed by atoms with van der Waals surface area (Å²) in [6, 6.07) is 4.83. The van der Waals surface area contributed by atoms with Crippen molar-refractivity contribution >= 4 is 22.6 Å². The van der Waals surface area contributed by atoms with Crippen LogP contribution in [0.2, 0.25) is 0 Å². The molecule has 0 atom stereocenters. The van der Waals surface area contributed by atoms with Crippen molar-refractivity contribution in [1.82, 2.24) is 4.72 Å². The fourth-order valence-corrected chi connectivity index (χ4v) is 4.61. The molecular weight excluding hydrogens is 365 g/mol. The monoisotopic (exact) mass is 397 g/mol. The first-order valence-electron chi connectivity index (χ1n) is 9.12. The molecule has 1 saturated heterocycles. The number of sulfonamides is 1. The quantitative estimate of drug-likeness (QED) is 0.762. The molecule has 1 aromatic rings. The molecule has 0 amide bonds. The zero-order chi connectivity index (χ0) is 21.1. The van der Waals surface area contributed by atoms with Crippen LogP contribution in [0.25, 0.3) is 0 Å². The Balaban J connectivity index is 2.53. The van der Waals surface area contributed by atoms with Crippen LogP contribution in [0.3, 0.4) is 0 Å². The third-order valence-electron chi connectivity index (χ3n) is 4.92. The van der Waals surface area contributed by atoms with Crippen LogP contribution in [0.15, 0.2) is 23.1 Å². The molecule has 1 aliphatic heterocycles. The van der Waals surface area contributed by atoms with E-state index in [0.717, 1.165) is 0 Å². The van der Waals surface area contributed by atoms with E-state index in [0.29, 0.717) is 11.0 Å². The average Bonchev–Trinajstić information content (AvgIpc) is 2.63. The van der Waals surface area contributed by atoms with Gasteiger partial charge in [-0.1, -0.05) is 12.1 Å². The summed E-state index contributed by atoms with van der Waals surface area (Å²) >= 11 is 0. The second kappa shape index (κ2) is 6.56. The molecule has 1 fully saturated rings. The maximum Gasteiger partial charge on any atom is 0.494 e. The molecule has 2 N–H and O–H groups in total. The Hall–Kier alpha value is -0.925. The Morgan fingerprint density at radius 2 is 1.48 bits per heavy atom. The van der Waals surface area contributed by atoms with E-state index in [9.17, 15) is 13.5 Å². The third-order valence-corrected chi connectivity index (χ3v) is 6.73. The molecule has 0 radical (unpaired) electrons. The molecule has 1 aliphatic rings. The van der Waals surface area contributed by atoms with Gasteiger partial charge in [0.15, 0.2) is 0 Å². The lowest BCUT2D eigenvalue weighted by atomic mass is 9.77. The topological polar surface area (TPSA) is 84.9 Å². The lowest BCUT2D eigenvalue weighted by molar-refractivity contribution is 0.00578. The zero-order valence-electron chi connectivity index (χ0n) is 17.8. The number of hydrogen-bond donors (Lipinski definition) is 2. The number of rotatable bonds is 4. The van der Waals surface area contributed by atoms with Gasteiger partial charge in [-0.3, -0.25) is 0 Å². The summed E-state index contributed by atoms with van der Waals surface area (Å²) in [6.45, 7) is 16.3. The number of benzene rings is 1. The van der Waals surface area contributed by atoms with Gasteiger partial charge in [0.1, 0.15) is 0 Å². The molecule has 0 saturated carbocycles. The Bertz CT molecular complexity index is 803. The van der Waals surface area contributed by atoms with E-state index in [4.69, 9.17) is 9.31 Å². The smallest absolute Gasteiger partial charge is 0.399 e. The minimum absolute atomic E-state index is 0.0465. The van der Waals surface area contributed by atoms with Gasteiger partial charge in [-0.05, 0) is 73.8 Å². The summed E-state index contributed by atoms with van der Waals surface area (Å²) in [4.78, 5) is 0.0465. The van der Waals surface area contributed by atoms with E-state index in [1.807, 2.05) is 27.7 Å². The number of aliphatic hydroxyl groups is 1. The van der Waals surface area contributed by atoms with Crippen LogP contribution in [-0.4, -0.2) is 37.4 Å². The van der Waals surface area contributed by atoms with Crippen LogP contribution in [0.1, 0.15) is 67.9 Å². The highest BCUT2D eigenvalue weighted by molar-refractivity contribution is 7.89. The molecule has 0 spiro atoms. The van der Waals surface area contributed by atoms with Gasteiger partial charge in [0, 0.05) is 11.1 Å². The Morgan fingerprint density at radius 3 is 1.89 bits per heavy atom. The summed E-state index contributed by atoms with van der Waals surface area (Å²) in [7, 11) is -4.45. The molecule has 2 rings (SSSR count). The molecule has 1 aromatic carbocycles. The van der Waals surface area contributed by atoms with Gasteiger partial charge >= 0.3 is 7.12 Å². The molecular formula is C19H32BNO5S. The lowest BCUT2D eigenvalue weighted by Gasteiger charge is -2.32. The summed E-state index contributed by atoms with van der Waals surface area (Å²) in [5, 5.41) is 10.6. The van der Waals surface area contributed by atoms with Crippen LogP contribution >= 0.6 is 0 Å². The molecule has 27 heavy (non-hydrogen) atoms. The zero-order valence-corrected chi connectivity index (χ0v) is 18.6. The van der Waals surface area contributed by atoms with E-state index in [2.05, 4.69) is 4.72 Å². The predicted molar refractivity (Wildman–Crippen MR) is 107 cm³/mol. The standard InChI is InChI=1S/C19H32BNO5S/c1-16(2,3)21-27(23,24)15-11-10-13(12-14(15)17(4,5)22)20-25-18(6,7)19(8,9)26-20/h10-12,21-22H,1-9H3. The first-order valence-corrected chi connectivity index (χ1v) is 10.6. The van der Waals surface area contributed by atoms with E-state index >= 15 is 0 Å². The van der Waals surface area contributed by atoms with Crippen molar-refractivity contribution in [3.05, 3.63) is 23.8 Å². The molecule has 0 aliphatic carbocycles. The fourth-order valence-electron chi connectivity index (χ4n) is 2.84. The van der Waals surface area contributed by atoms with Crippen molar-refractivity contribution in [1.29, 1.82) is 0 Å². The van der Waals surface area contributed by atoms with Gasteiger partial charge in [-0.15, -0.1) is 0 Å². The molecule has 152 valence electrons. The van der Waals surface area contributed by atoms with Crippen molar-refractivity contribution in [3.8, 4) is 0 Å². The highest BCUT2D eigenvalue weighted by Gasteiger charge is 2.52. The first-order chi connectivity index (χ1) is 11.9. The summed E-state index contributed by atoms with van der Waals surface area (Å²) in [5.74, 6) is 0. The minimum atomic E-state index is -3.81. The van der Waals surface area contributed by atoms with Crippen LogP contribution in [0.5, 0.6) is 0 Å². The Kier molecular flexibility index (Phi) is 5.43. The number of hydrogen-bond acceptors (Lipinski definition) is 5. The third kappa shape index (κ3) is 4.74. The highest BCUT2D eigenvalue weighted by Crippen LogP contribution is 2.37. The van der Waals surface area contributed by atoms with E-state index in [1.165, 1.54) is 6.07 Å². The summed E-state index contributed by atoms with van der Waals surface area (Å²) in [5.41, 5.74) is -2.05. The second-order valence-electron chi connectivity index (χ2n) is 9.76. The van der Waals surface area contributed by atoms with Gasteiger partial charge in [-0.2, -0.15) is 0 Å². The second-order valence-corrected chi connectivity index (χ2v) is 11.4. The molecule has 0 aromatic heterocycles. The van der Waals surface area contributed by atoms with E-state index in [1.54, 1.807) is 46.8 Å². The van der Waals surface area contributed by atoms with Crippen molar-refractivity contribution in [2.75, 3.05) is 0 Å². The Labute approximate surface area is 163 Å². The highest BCUT2D eigenvalue weighted by atomic mass is 32.2. The van der Waals surface area contributed by atoms with E-state index < -0.39 is 39.5 Å². The van der Waals surface area contributed by atoms with Crippen molar-refractivity contribution in [3.63, 3.8) is 0 Å². The van der Waals surface area contributed by atoms with Crippen LogP contribution in [0, 0.1) is 0 Å². The SMILES string of the molecule is CC(C)(C)NS(=O)(=O)c1ccc(B2OC(C)(C)C(C)(C)O2)cc1C(C)(C)O. The molecule has 0 bridgehead atoms. The molecule has 6 nitrogen and oxygen atoms in total. The van der Waals surface area contributed by atoms with Crippen molar-refractivity contribution < 1.29 is 22.8 Å². The Morgan fingerprint density at radius 1 is 1.00 bits per heavy atom. The molecule has 8 heteroatoms. The maximum atomic E-state index is 12.9. The summed E-state index contributed by atoms with van der Waals surface area (Å²) < 4.78 is 40.5. The molecule has 1 heterocycles. The fraction of sp³-hybridized carbons (Fsp3) is 0.684. The first kappa shape index (κ1) is 22.4. The average molecular weight is 397 g/mol. The summed E-state index contributed by atoms with van der Waals surface area (Å²) in [6.07, 6.45) is 0. The van der Waals surface area contributed by atoms with Gasteiger partial charge in [0.05, 0.1) is 21.7 Å². The van der Waals surface area contributed by atoms with Crippen LogP contribution in [-0.2, 0) is 24.9 Å². The van der Waals surface area contributed by atoms with E-state index in [-0.39, 0.29) is 4.90 Å². The van der Waals surface area contributed by atoms with Crippen LogP contribution < -0.4 is 10.2 Å². The van der Waals surface area contributed by atoms with Gasteiger partial charge < -0.3 is 14.4 Å². The minimum Gasteiger partial charge on any atom is -0.399 e. The van der Waals surface area contributed by atoms with Gasteiger partial charge in [-0.25, -0.2) is 13.1 Å². The van der Waals surface area contributed by atoms with Crippen molar-refractivity contribution in [2.45, 2.75) is 89.6 Å². The normalized spacial score (nSPS) is 20.1. The van der Waals surface area contributed by atoms with Crippen LogP contribution in [0.4, 0.5) is 0 Å². The predicted octanol–water partition coefficient (Wildman–Crippen LogP) is 2.29. The van der Waals surface area contributed by atoms with Gasteiger partial charge in [0.2, 0.25) is 10.0 Å².